The molecule has 18 heavy (non-hydrogen) atoms. The Balaban J connectivity index is 2.32. The summed E-state index contributed by atoms with van der Waals surface area (Å²) in [4.78, 5) is 16.1. The molecule has 0 aromatic heterocycles. The van der Waals surface area contributed by atoms with Gasteiger partial charge in [-0.25, -0.2) is 0 Å². The predicted octanol–water partition coefficient (Wildman–Crippen LogP) is 0.327. The number of ether oxygens (including phenoxy) is 1. The van der Waals surface area contributed by atoms with E-state index >= 15 is 0 Å². The van der Waals surface area contributed by atoms with Gasteiger partial charge in [-0.05, 0) is 20.3 Å². The highest BCUT2D eigenvalue weighted by Gasteiger charge is 2.25. The Morgan fingerprint density at radius 3 is 2.39 bits per heavy atom. The second kappa shape index (κ2) is 7.71. The number of hydrogen-bond acceptors (Lipinski definition) is 4. The first-order valence-electron chi connectivity index (χ1n) is 6.89. The molecule has 1 amide bonds. The highest BCUT2D eigenvalue weighted by Crippen LogP contribution is 2.07. The smallest absolute Gasteiger partial charge is 0.251 e. The molecule has 1 aliphatic rings. The molecule has 0 aliphatic carbocycles. The average Bonchev–Trinajstić information content (AvgIpc) is 2.39. The lowest BCUT2D eigenvalue weighted by atomic mass is 10.2. The van der Waals surface area contributed by atoms with Gasteiger partial charge in [-0.3, -0.25) is 9.69 Å². The van der Waals surface area contributed by atoms with Gasteiger partial charge in [0, 0.05) is 39.3 Å². The average molecular weight is 258 g/mol. The summed E-state index contributed by atoms with van der Waals surface area (Å²) < 4.78 is 5.32. The van der Waals surface area contributed by atoms with Crippen LogP contribution in [-0.2, 0) is 9.53 Å². The lowest BCUT2D eigenvalue weighted by Gasteiger charge is -2.36. The zero-order valence-corrected chi connectivity index (χ0v) is 11.8. The van der Waals surface area contributed by atoms with Gasteiger partial charge in [0.05, 0.1) is 6.10 Å². The van der Waals surface area contributed by atoms with Gasteiger partial charge in [-0.1, -0.05) is 6.92 Å². The first kappa shape index (κ1) is 15.4. The molecule has 1 N–H and O–H groups in total. The number of amides is 1. The van der Waals surface area contributed by atoms with Crippen LogP contribution in [0.25, 0.3) is 0 Å². The number of piperazine rings is 1. The lowest BCUT2D eigenvalue weighted by Crippen LogP contribution is -2.52. The number of hydrogen-bond donors (Lipinski definition) is 1. The second-order valence-corrected chi connectivity index (χ2v) is 4.79. The van der Waals surface area contributed by atoms with Crippen molar-refractivity contribution in [2.75, 3.05) is 39.3 Å². The molecule has 1 rings (SSSR count). The van der Waals surface area contributed by atoms with E-state index in [0.717, 1.165) is 32.6 Å². The minimum atomic E-state index is -0.345. The molecule has 5 heteroatoms. The number of carbonyl (C=O) groups is 1. The summed E-state index contributed by atoms with van der Waals surface area (Å²) in [7, 11) is 0. The van der Waals surface area contributed by atoms with E-state index in [0.29, 0.717) is 13.2 Å². The fourth-order valence-corrected chi connectivity index (χ4v) is 2.16. The number of β-amino-alcohol motifs (C(OH)–C–C–N with tert-alkyl or cyclic N) is 1. The van der Waals surface area contributed by atoms with E-state index in [1.807, 2.05) is 18.7 Å². The van der Waals surface area contributed by atoms with Crippen LogP contribution in [0.1, 0.15) is 27.2 Å². The van der Waals surface area contributed by atoms with Crippen molar-refractivity contribution in [3.63, 3.8) is 0 Å². The van der Waals surface area contributed by atoms with Gasteiger partial charge in [0.15, 0.2) is 0 Å². The van der Waals surface area contributed by atoms with Crippen LogP contribution in [0.5, 0.6) is 0 Å². The molecule has 106 valence electrons. The maximum atomic E-state index is 12.0. The molecule has 2 atom stereocenters. The van der Waals surface area contributed by atoms with Crippen molar-refractivity contribution in [1.29, 1.82) is 0 Å². The van der Waals surface area contributed by atoms with E-state index in [1.165, 1.54) is 0 Å². The number of rotatable bonds is 6. The minimum absolute atomic E-state index is 0.0764. The largest absolute Gasteiger partial charge is 0.392 e. The van der Waals surface area contributed by atoms with Crippen molar-refractivity contribution < 1.29 is 14.6 Å². The zero-order chi connectivity index (χ0) is 13.5. The zero-order valence-electron chi connectivity index (χ0n) is 11.8. The SMILES string of the molecule is CCO[C@@H](C)C(=O)N1CCN(C[C@H](O)CC)CC1. The van der Waals surface area contributed by atoms with Gasteiger partial charge in [-0.2, -0.15) is 0 Å². The van der Waals surface area contributed by atoms with Gasteiger partial charge in [0.25, 0.3) is 5.91 Å². The summed E-state index contributed by atoms with van der Waals surface area (Å²) in [5, 5.41) is 9.60. The molecule has 0 radical (unpaired) electrons. The van der Waals surface area contributed by atoms with Crippen LogP contribution >= 0.6 is 0 Å². The Hall–Kier alpha value is -0.650. The van der Waals surface area contributed by atoms with Crippen LogP contribution in [-0.4, -0.2) is 72.4 Å². The second-order valence-electron chi connectivity index (χ2n) is 4.79. The summed E-state index contributed by atoms with van der Waals surface area (Å²) in [6, 6.07) is 0. The minimum Gasteiger partial charge on any atom is -0.392 e. The maximum Gasteiger partial charge on any atom is 0.251 e. The maximum absolute atomic E-state index is 12.0. The van der Waals surface area contributed by atoms with Crippen LogP contribution in [0, 0.1) is 0 Å². The van der Waals surface area contributed by atoms with Crippen molar-refractivity contribution in [1.82, 2.24) is 9.80 Å². The van der Waals surface area contributed by atoms with E-state index in [-0.39, 0.29) is 18.1 Å². The fraction of sp³-hybridized carbons (Fsp3) is 0.923. The van der Waals surface area contributed by atoms with Crippen LogP contribution in [0.3, 0.4) is 0 Å². The Morgan fingerprint density at radius 2 is 1.89 bits per heavy atom. The third-order valence-electron chi connectivity index (χ3n) is 3.39. The van der Waals surface area contributed by atoms with Crippen LogP contribution in [0.4, 0.5) is 0 Å². The molecule has 5 nitrogen and oxygen atoms in total. The molecule has 0 aromatic rings. The van der Waals surface area contributed by atoms with Crippen LogP contribution in [0.15, 0.2) is 0 Å². The molecule has 1 fully saturated rings. The molecule has 0 spiro atoms. The molecule has 0 aromatic carbocycles. The highest BCUT2D eigenvalue weighted by molar-refractivity contribution is 5.80. The Labute approximate surface area is 110 Å². The summed E-state index contributed by atoms with van der Waals surface area (Å²) in [6.07, 6.45) is 0.179. The van der Waals surface area contributed by atoms with Crippen molar-refractivity contribution in [3.05, 3.63) is 0 Å². The molecule has 0 saturated carbocycles. The van der Waals surface area contributed by atoms with Gasteiger partial charge >= 0.3 is 0 Å². The first-order chi connectivity index (χ1) is 8.58. The molecule has 0 unspecified atom stereocenters. The van der Waals surface area contributed by atoms with E-state index in [1.54, 1.807) is 6.92 Å². The summed E-state index contributed by atoms with van der Waals surface area (Å²) in [5.74, 6) is 0.0764. The summed E-state index contributed by atoms with van der Waals surface area (Å²) in [5.41, 5.74) is 0. The van der Waals surface area contributed by atoms with Crippen molar-refractivity contribution in [3.8, 4) is 0 Å². The first-order valence-corrected chi connectivity index (χ1v) is 6.89. The Bertz CT molecular complexity index is 253. The van der Waals surface area contributed by atoms with Crippen molar-refractivity contribution in [2.24, 2.45) is 0 Å². The number of aliphatic hydroxyl groups is 1. The third kappa shape index (κ3) is 4.55. The normalized spacial score (nSPS) is 20.8. The van der Waals surface area contributed by atoms with Gasteiger partial charge in [0.2, 0.25) is 0 Å². The standard InChI is InChI=1S/C13H26N2O3/c1-4-12(16)10-14-6-8-15(9-7-14)13(17)11(3)18-5-2/h11-12,16H,4-10H2,1-3H3/t11-,12+/m0/s1. The van der Waals surface area contributed by atoms with Crippen molar-refractivity contribution >= 4 is 5.91 Å². The van der Waals surface area contributed by atoms with Gasteiger partial charge in [-0.15, -0.1) is 0 Å². The lowest BCUT2D eigenvalue weighted by molar-refractivity contribution is -0.144. The van der Waals surface area contributed by atoms with E-state index in [2.05, 4.69) is 4.90 Å². The summed E-state index contributed by atoms with van der Waals surface area (Å²) in [6.45, 7) is 10.1. The van der Waals surface area contributed by atoms with E-state index in [4.69, 9.17) is 4.74 Å². The summed E-state index contributed by atoms with van der Waals surface area (Å²) >= 11 is 0. The highest BCUT2D eigenvalue weighted by atomic mass is 16.5. The van der Waals surface area contributed by atoms with Crippen LogP contribution < -0.4 is 0 Å². The predicted molar refractivity (Wildman–Crippen MR) is 70.4 cm³/mol. The quantitative estimate of drug-likeness (QED) is 0.746. The Morgan fingerprint density at radius 1 is 1.28 bits per heavy atom. The Kier molecular flexibility index (Phi) is 6.60. The van der Waals surface area contributed by atoms with Crippen LogP contribution in [0.2, 0.25) is 0 Å². The molecular formula is C13H26N2O3. The fourth-order valence-electron chi connectivity index (χ4n) is 2.16. The topological polar surface area (TPSA) is 53.0 Å². The number of aliphatic hydroxyl groups excluding tert-OH is 1. The molecular weight excluding hydrogens is 232 g/mol. The van der Waals surface area contributed by atoms with E-state index in [9.17, 15) is 9.90 Å². The van der Waals surface area contributed by atoms with Crippen molar-refractivity contribution in [2.45, 2.75) is 39.4 Å². The van der Waals surface area contributed by atoms with Gasteiger partial charge in [0.1, 0.15) is 6.10 Å². The molecule has 1 aliphatic heterocycles. The van der Waals surface area contributed by atoms with Gasteiger partial charge < -0.3 is 14.7 Å². The number of nitrogens with zero attached hydrogens (tertiary/aromatic N) is 2. The van der Waals surface area contributed by atoms with E-state index < -0.39 is 0 Å². The molecule has 1 saturated heterocycles. The number of carbonyl (C=O) groups excluding carboxylic acids is 1. The third-order valence-corrected chi connectivity index (χ3v) is 3.39. The molecule has 0 bridgehead atoms. The monoisotopic (exact) mass is 258 g/mol. The molecule has 1 heterocycles.